The van der Waals surface area contributed by atoms with Gasteiger partial charge in [-0.25, -0.2) is 0 Å². The Bertz CT molecular complexity index is 549. The van der Waals surface area contributed by atoms with Gasteiger partial charge >= 0.3 is 0 Å². The second-order valence-electron chi connectivity index (χ2n) is 9.08. The Morgan fingerprint density at radius 2 is 1.55 bits per heavy atom. The fourth-order valence-corrected chi connectivity index (χ4v) is 3.97. The highest BCUT2D eigenvalue weighted by molar-refractivity contribution is 5.83. The summed E-state index contributed by atoms with van der Waals surface area (Å²) in [7, 11) is 0. The van der Waals surface area contributed by atoms with E-state index in [2.05, 4.69) is 5.32 Å². The van der Waals surface area contributed by atoms with Gasteiger partial charge in [-0.15, -0.1) is 0 Å². The number of carbonyl (C=O) groups is 3. The Kier molecular flexibility index (Phi) is 13.7. The SMILES string of the molecule is CCCC(=O)N(CCOCCOCCC(=O)NC1CCC(C(=O)C(C)C)CC1)C(C)C.[HH]. The maximum Gasteiger partial charge on any atom is 0.222 e. The minimum atomic E-state index is 0. The van der Waals surface area contributed by atoms with Crippen molar-refractivity contribution < 1.29 is 25.3 Å². The summed E-state index contributed by atoms with van der Waals surface area (Å²) >= 11 is 0. The fourth-order valence-electron chi connectivity index (χ4n) is 3.97. The highest BCUT2D eigenvalue weighted by Gasteiger charge is 2.28. The minimum Gasteiger partial charge on any atom is -0.379 e. The van der Waals surface area contributed by atoms with Gasteiger partial charge in [-0.05, 0) is 46.0 Å². The molecular weight excluding hydrogens is 396 g/mol. The molecule has 0 atom stereocenters. The van der Waals surface area contributed by atoms with Crippen LogP contribution >= 0.6 is 0 Å². The first-order chi connectivity index (χ1) is 14.8. The van der Waals surface area contributed by atoms with E-state index in [4.69, 9.17) is 9.47 Å². The van der Waals surface area contributed by atoms with Gasteiger partial charge in [-0.1, -0.05) is 20.8 Å². The van der Waals surface area contributed by atoms with Gasteiger partial charge in [0.15, 0.2) is 0 Å². The number of ketones is 1. The predicted molar refractivity (Wildman–Crippen MR) is 124 cm³/mol. The van der Waals surface area contributed by atoms with Crippen LogP contribution in [0.25, 0.3) is 0 Å². The summed E-state index contributed by atoms with van der Waals surface area (Å²) < 4.78 is 11.1. The molecule has 2 amide bonds. The van der Waals surface area contributed by atoms with E-state index in [0.717, 1.165) is 32.1 Å². The molecule has 0 bridgehead atoms. The quantitative estimate of drug-likeness (QED) is 0.392. The summed E-state index contributed by atoms with van der Waals surface area (Å²) in [6.07, 6.45) is 5.24. The van der Waals surface area contributed by atoms with Crippen molar-refractivity contribution in [3.05, 3.63) is 0 Å². The molecule has 1 aliphatic carbocycles. The zero-order valence-corrected chi connectivity index (χ0v) is 20.3. The van der Waals surface area contributed by atoms with Crippen LogP contribution in [0.1, 0.15) is 81.0 Å². The molecule has 0 heterocycles. The molecular formula is C24H46N2O5. The third-order valence-corrected chi connectivity index (χ3v) is 5.79. The molecule has 0 aromatic rings. The molecule has 1 saturated carbocycles. The minimum absolute atomic E-state index is 0. The van der Waals surface area contributed by atoms with Crippen LogP contribution in [0.3, 0.4) is 0 Å². The van der Waals surface area contributed by atoms with E-state index in [1.807, 2.05) is 39.5 Å². The summed E-state index contributed by atoms with van der Waals surface area (Å²) in [6.45, 7) is 12.3. The van der Waals surface area contributed by atoms with Crippen LogP contribution in [0.5, 0.6) is 0 Å². The number of hydrogen-bond acceptors (Lipinski definition) is 5. The van der Waals surface area contributed by atoms with Crippen molar-refractivity contribution in [2.24, 2.45) is 11.8 Å². The lowest BCUT2D eigenvalue weighted by molar-refractivity contribution is -0.133. The van der Waals surface area contributed by atoms with E-state index in [9.17, 15) is 14.4 Å². The van der Waals surface area contributed by atoms with Gasteiger partial charge in [0.25, 0.3) is 0 Å². The molecule has 31 heavy (non-hydrogen) atoms. The average molecular weight is 443 g/mol. The highest BCUT2D eigenvalue weighted by atomic mass is 16.5. The second-order valence-corrected chi connectivity index (χ2v) is 9.08. The van der Waals surface area contributed by atoms with Crippen LogP contribution < -0.4 is 5.32 Å². The van der Waals surface area contributed by atoms with E-state index in [1.165, 1.54) is 0 Å². The van der Waals surface area contributed by atoms with Crippen LogP contribution in [0, 0.1) is 11.8 Å². The topological polar surface area (TPSA) is 84.9 Å². The van der Waals surface area contributed by atoms with Gasteiger partial charge in [-0.3, -0.25) is 14.4 Å². The number of nitrogens with zero attached hydrogens (tertiary/aromatic N) is 1. The Morgan fingerprint density at radius 3 is 2.10 bits per heavy atom. The van der Waals surface area contributed by atoms with Crippen molar-refractivity contribution in [1.29, 1.82) is 0 Å². The Hall–Kier alpha value is -1.47. The molecule has 0 radical (unpaired) electrons. The number of nitrogens with one attached hydrogen (secondary N) is 1. The molecule has 0 unspecified atom stereocenters. The van der Waals surface area contributed by atoms with E-state index < -0.39 is 0 Å². The van der Waals surface area contributed by atoms with Crippen LogP contribution in [-0.4, -0.2) is 67.6 Å². The van der Waals surface area contributed by atoms with E-state index in [0.29, 0.717) is 51.6 Å². The number of rotatable bonds is 15. The predicted octanol–water partition coefficient (Wildman–Crippen LogP) is 3.59. The lowest BCUT2D eigenvalue weighted by Crippen LogP contribution is -2.39. The molecule has 1 rings (SSSR count). The Balaban J connectivity index is 0.00000961. The number of Topliss-reactive ketones (excluding diaryl/α,β-unsaturated/α-hetero) is 1. The van der Waals surface area contributed by atoms with Gasteiger partial charge in [0.1, 0.15) is 5.78 Å². The van der Waals surface area contributed by atoms with Crippen molar-refractivity contribution in [3.8, 4) is 0 Å². The zero-order chi connectivity index (χ0) is 23.2. The zero-order valence-electron chi connectivity index (χ0n) is 20.3. The molecule has 7 heteroatoms. The summed E-state index contributed by atoms with van der Waals surface area (Å²) in [4.78, 5) is 38.1. The molecule has 7 nitrogen and oxygen atoms in total. The maximum absolute atomic E-state index is 12.1. The Labute approximate surface area is 190 Å². The molecule has 0 aliphatic heterocycles. The number of ether oxygens (including phenoxy) is 2. The van der Waals surface area contributed by atoms with Crippen LogP contribution in [0.4, 0.5) is 0 Å². The molecule has 0 aromatic heterocycles. The first-order valence-electron chi connectivity index (χ1n) is 12.0. The number of amides is 2. The largest absolute Gasteiger partial charge is 0.379 e. The third-order valence-electron chi connectivity index (χ3n) is 5.79. The summed E-state index contributed by atoms with van der Waals surface area (Å²) in [5, 5.41) is 3.06. The lowest BCUT2D eigenvalue weighted by Gasteiger charge is -2.29. The van der Waals surface area contributed by atoms with Gasteiger partial charge in [0, 0.05) is 44.7 Å². The van der Waals surface area contributed by atoms with E-state index >= 15 is 0 Å². The maximum atomic E-state index is 12.1. The first kappa shape index (κ1) is 27.6. The third kappa shape index (κ3) is 11.1. The second kappa shape index (κ2) is 15.4. The Morgan fingerprint density at radius 1 is 0.935 bits per heavy atom. The molecule has 1 fully saturated rings. The summed E-state index contributed by atoms with van der Waals surface area (Å²) in [5.74, 6) is 0.777. The molecule has 1 aliphatic rings. The van der Waals surface area contributed by atoms with Gasteiger partial charge < -0.3 is 19.7 Å². The average Bonchev–Trinajstić information content (AvgIpc) is 2.72. The smallest absolute Gasteiger partial charge is 0.222 e. The van der Waals surface area contributed by atoms with Gasteiger partial charge in [-0.2, -0.15) is 0 Å². The van der Waals surface area contributed by atoms with Crippen molar-refractivity contribution in [3.63, 3.8) is 0 Å². The van der Waals surface area contributed by atoms with Crippen molar-refractivity contribution >= 4 is 17.6 Å². The van der Waals surface area contributed by atoms with Gasteiger partial charge in [0.2, 0.25) is 11.8 Å². The summed E-state index contributed by atoms with van der Waals surface area (Å²) in [5.41, 5.74) is 0. The van der Waals surface area contributed by atoms with Crippen LogP contribution in [0.15, 0.2) is 0 Å². The number of carbonyl (C=O) groups excluding carboxylic acids is 3. The van der Waals surface area contributed by atoms with E-state index in [1.54, 1.807) is 0 Å². The van der Waals surface area contributed by atoms with Crippen LogP contribution in [0.2, 0.25) is 0 Å². The van der Waals surface area contributed by atoms with E-state index in [-0.39, 0.29) is 37.2 Å². The molecule has 182 valence electrons. The lowest BCUT2D eigenvalue weighted by atomic mass is 9.80. The monoisotopic (exact) mass is 442 g/mol. The fraction of sp³-hybridized carbons (Fsp3) is 0.875. The first-order valence-corrected chi connectivity index (χ1v) is 12.0. The molecule has 0 aromatic carbocycles. The van der Waals surface area contributed by atoms with Crippen molar-refractivity contribution in [2.75, 3.05) is 33.0 Å². The molecule has 1 N–H and O–H groups in total. The highest BCUT2D eigenvalue weighted by Crippen LogP contribution is 2.27. The normalized spacial score (nSPS) is 18.9. The summed E-state index contributed by atoms with van der Waals surface area (Å²) in [6, 6.07) is 0.342. The van der Waals surface area contributed by atoms with Crippen molar-refractivity contribution in [2.45, 2.75) is 91.6 Å². The van der Waals surface area contributed by atoms with Crippen molar-refractivity contribution in [1.82, 2.24) is 10.2 Å². The van der Waals surface area contributed by atoms with Crippen LogP contribution in [-0.2, 0) is 23.9 Å². The standard InChI is InChI=1S/C24H44N2O5.H2/c1-6-7-23(28)26(19(4)5)13-15-31-17-16-30-14-12-22(27)25-21-10-8-20(9-11-21)24(29)18(2)3;/h18-21H,6-17H2,1-5H3,(H,25,27);1H. The van der Waals surface area contributed by atoms with Gasteiger partial charge in [0.05, 0.1) is 26.4 Å². The number of hydrogen-bond donors (Lipinski definition) is 1. The molecule has 0 spiro atoms. The molecule has 0 saturated heterocycles.